The Balaban J connectivity index is 2.08. The van der Waals surface area contributed by atoms with Gasteiger partial charge in [0.2, 0.25) is 0 Å². The van der Waals surface area contributed by atoms with Gasteiger partial charge in [-0.15, -0.1) is 0 Å². The van der Waals surface area contributed by atoms with Crippen LogP contribution in [-0.2, 0) is 13.0 Å². The monoisotopic (exact) mass is 247 g/mol. The Morgan fingerprint density at radius 2 is 1.94 bits per heavy atom. The third kappa shape index (κ3) is 3.10. The van der Waals surface area contributed by atoms with E-state index < -0.39 is 6.10 Å². The summed E-state index contributed by atoms with van der Waals surface area (Å²) in [6.45, 7) is 5.02. The number of hydrogen-bond donors (Lipinski definition) is 1. The molecule has 0 fully saturated rings. The summed E-state index contributed by atoms with van der Waals surface area (Å²) in [5, 5.41) is 14.2. The lowest BCUT2D eigenvalue weighted by Crippen LogP contribution is -2.14. The number of hydrogen-bond acceptors (Lipinski definition) is 5. The van der Waals surface area contributed by atoms with Crippen molar-refractivity contribution in [2.24, 2.45) is 5.92 Å². The van der Waals surface area contributed by atoms with Crippen molar-refractivity contribution in [3.8, 4) is 0 Å². The molecule has 1 atom stereocenters. The molecule has 0 bridgehead atoms. The maximum Gasteiger partial charge on any atom is 0.157 e. The fourth-order valence-electron chi connectivity index (χ4n) is 1.69. The van der Waals surface area contributed by atoms with E-state index in [4.69, 9.17) is 0 Å². The largest absolute Gasteiger partial charge is 0.385 e. The van der Waals surface area contributed by atoms with Crippen LogP contribution in [-0.4, -0.2) is 29.8 Å². The fraction of sp³-hybridized carbons (Fsp3) is 0.500. The van der Waals surface area contributed by atoms with Gasteiger partial charge in [-0.2, -0.15) is 5.10 Å². The second-order valence-electron chi connectivity index (χ2n) is 4.58. The summed E-state index contributed by atoms with van der Waals surface area (Å²) in [5.74, 6) is 1.65. The summed E-state index contributed by atoms with van der Waals surface area (Å²) >= 11 is 0. The van der Waals surface area contributed by atoms with Crippen molar-refractivity contribution in [2.45, 2.75) is 32.9 Å². The van der Waals surface area contributed by atoms with Crippen molar-refractivity contribution in [3.63, 3.8) is 0 Å². The van der Waals surface area contributed by atoms with Gasteiger partial charge in [0, 0.05) is 25.4 Å². The number of rotatable bonds is 5. The van der Waals surface area contributed by atoms with Crippen LogP contribution >= 0.6 is 0 Å². The Bertz CT molecular complexity index is 482. The molecule has 0 saturated carbocycles. The zero-order chi connectivity index (χ0) is 13.0. The van der Waals surface area contributed by atoms with Crippen LogP contribution in [0.4, 0.5) is 0 Å². The van der Waals surface area contributed by atoms with Crippen LogP contribution in [0.25, 0.3) is 0 Å². The SMILES string of the molecule is CC(C)Cn1ncnc1CC(O)c1ncccn1. The van der Waals surface area contributed by atoms with Gasteiger partial charge < -0.3 is 5.11 Å². The highest BCUT2D eigenvalue weighted by molar-refractivity contribution is 4.98. The quantitative estimate of drug-likeness (QED) is 0.853. The van der Waals surface area contributed by atoms with Gasteiger partial charge in [0.15, 0.2) is 5.82 Å². The predicted octanol–water partition coefficient (Wildman–Crippen LogP) is 1.00. The molecule has 0 aliphatic heterocycles. The summed E-state index contributed by atoms with van der Waals surface area (Å²) in [6, 6.07) is 1.72. The van der Waals surface area contributed by atoms with Crippen LogP contribution in [0.2, 0.25) is 0 Å². The van der Waals surface area contributed by atoms with Crippen LogP contribution < -0.4 is 0 Å². The number of nitrogens with zero attached hydrogens (tertiary/aromatic N) is 5. The molecule has 96 valence electrons. The molecule has 2 aromatic rings. The van der Waals surface area contributed by atoms with Crippen molar-refractivity contribution in [1.29, 1.82) is 0 Å². The molecule has 2 aromatic heterocycles. The van der Waals surface area contributed by atoms with E-state index in [0.29, 0.717) is 18.2 Å². The molecule has 0 radical (unpaired) electrons. The first-order chi connectivity index (χ1) is 8.66. The molecule has 1 N–H and O–H groups in total. The van der Waals surface area contributed by atoms with E-state index in [-0.39, 0.29) is 0 Å². The van der Waals surface area contributed by atoms with Crippen LogP contribution in [0.3, 0.4) is 0 Å². The second-order valence-corrected chi connectivity index (χ2v) is 4.58. The van der Waals surface area contributed by atoms with Gasteiger partial charge in [-0.25, -0.2) is 19.6 Å². The van der Waals surface area contributed by atoms with Gasteiger partial charge in [0.05, 0.1) is 0 Å². The predicted molar refractivity (Wildman–Crippen MR) is 65.6 cm³/mol. The Labute approximate surface area is 106 Å². The van der Waals surface area contributed by atoms with E-state index >= 15 is 0 Å². The lowest BCUT2D eigenvalue weighted by Gasteiger charge is -2.11. The molecule has 6 nitrogen and oxygen atoms in total. The van der Waals surface area contributed by atoms with E-state index in [2.05, 4.69) is 33.9 Å². The fourth-order valence-corrected chi connectivity index (χ4v) is 1.69. The highest BCUT2D eigenvalue weighted by Gasteiger charge is 2.15. The van der Waals surface area contributed by atoms with Gasteiger partial charge >= 0.3 is 0 Å². The number of aromatic nitrogens is 5. The van der Waals surface area contributed by atoms with Crippen molar-refractivity contribution >= 4 is 0 Å². The van der Waals surface area contributed by atoms with Gasteiger partial charge in [-0.3, -0.25) is 0 Å². The molecule has 0 aliphatic rings. The van der Waals surface area contributed by atoms with Crippen molar-refractivity contribution in [2.75, 3.05) is 0 Å². The molecule has 0 amide bonds. The van der Waals surface area contributed by atoms with Gasteiger partial charge in [-0.05, 0) is 12.0 Å². The summed E-state index contributed by atoms with van der Waals surface area (Å²) in [4.78, 5) is 12.2. The Morgan fingerprint density at radius 3 is 2.61 bits per heavy atom. The summed E-state index contributed by atoms with van der Waals surface area (Å²) in [7, 11) is 0. The molecular formula is C12H17N5O. The lowest BCUT2D eigenvalue weighted by molar-refractivity contribution is 0.163. The van der Waals surface area contributed by atoms with Crippen LogP contribution in [0, 0.1) is 5.92 Å². The second kappa shape index (κ2) is 5.68. The molecule has 0 aromatic carbocycles. The Morgan fingerprint density at radius 1 is 1.22 bits per heavy atom. The van der Waals surface area contributed by atoms with E-state index in [9.17, 15) is 5.11 Å². The summed E-state index contributed by atoms with van der Waals surface area (Å²) in [6.07, 6.45) is 4.36. The molecule has 1 unspecified atom stereocenters. The minimum absolute atomic E-state index is 0.372. The number of aliphatic hydroxyl groups is 1. The Hall–Kier alpha value is -1.82. The van der Waals surface area contributed by atoms with Crippen molar-refractivity contribution in [3.05, 3.63) is 36.4 Å². The van der Waals surface area contributed by atoms with Crippen molar-refractivity contribution in [1.82, 2.24) is 24.7 Å². The highest BCUT2D eigenvalue weighted by atomic mass is 16.3. The van der Waals surface area contributed by atoms with Crippen LogP contribution in [0.5, 0.6) is 0 Å². The lowest BCUT2D eigenvalue weighted by atomic mass is 10.2. The smallest absolute Gasteiger partial charge is 0.157 e. The minimum atomic E-state index is -0.749. The molecule has 0 spiro atoms. The maximum atomic E-state index is 10.0. The zero-order valence-corrected chi connectivity index (χ0v) is 10.6. The maximum absolute atomic E-state index is 10.0. The van der Waals surface area contributed by atoms with Crippen LogP contribution in [0.15, 0.2) is 24.8 Å². The average Bonchev–Trinajstić information content (AvgIpc) is 2.77. The van der Waals surface area contributed by atoms with Gasteiger partial charge in [0.1, 0.15) is 18.3 Å². The summed E-state index contributed by atoms with van der Waals surface area (Å²) in [5.41, 5.74) is 0. The average molecular weight is 247 g/mol. The van der Waals surface area contributed by atoms with Gasteiger partial charge in [-0.1, -0.05) is 13.8 Å². The molecular weight excluding hydrogens is 230 g/mol. The van der Waals surface area contributed by atoms with E-state index in [1.807, 2.05) is 4.68 Å². The first-order valence-corrected chi connectivity index (χ1v) is 5.98. The summed E-state index contributed by atoms with van der Waals surface area (Å²) < 4.78 is 1.82. The Kier molecular flexibility index (Phi) is 3.99. The standard InChI is InChI=1S/C12H17N5O/c1-9(2)7-17-11(15-8-16-17)6-10(18)12-13-4-3-5-14-12/h3-5,8-10,18H,6-7H2,1-2H3. The third-order valence-electron chi connectivity index (χ3n) is 2.49. The normalized spacial score (nSPS) is 12.9. The molecule has 0 saturated heterocycles. The molecule has 0 aliphatic carbocycles. The minimum Gasteiger partial charge on any atom is -0.385 e. The topological polar surface area (TPSA) is 76.7 Å². The first-order valence-electron chi connectivity index (χ1n) is 5.98. The van der Waals surface area contributed by atoms with Crippen LogP contribution in [0.1, 0.15) is 31.6 Å². The highest BCUT2D eigenvalue weighted by Crippen LogP contribution is 2.13. The molecule has 2 heterocycles. The van der Waals surface area contributed by atoms with E-state index in [0.717, 1.165) is 12.4 Å². The number of aliphatic hydroxyl groups excluding tert-OH is 1. The molecule has 6 heteroatoms. The van der Waals surface area contributed by atoms with E-state index in [1.165, 1.54) is 6.33 Å². The molecule has 18 heavy (non-hydrogen) atoms. The first kappa shape index (κ1) is 12.6. The van der Waals surface area contributed by atoms with E-state index in [1.54, 1.807) is 18.5 Å². The zero-order valence-electron chi connectivity index (χ0n) is 10.6. The van der Waals surface area contributed by atoms with Crippen molar-refractivity contribution < 1.29 is 5.11 Å². The molecule has 2 rings (SSSR count). The third-order valence-corrected chi connectivity index (χ3v) is 2.49. The van der Waals surface area contributed by atoms with Gasteiger partial charge in [0.25, 0.3) is 0 Å².